The third kappa shape index (κ3) is 3.76. The maximum Gasteiger partial charge on any atom is 0.0108 e. The van der Waals surface area contributed by atoms with Crippen molar-refractivity contribution in [2.75, 3.05) is 19.6 Å². The topological polar surface area (TPSA) is 29.3 Å². The molecule has 0 aliphatic heterocycles. The van der Waals surface area contributed by atoms with E-state index in [4.69, 9.17) is 5.73 Å². The Morgan fingerprint density at radius 3 is 2.27 bits per heavy atom. The van der Waals surface area contributed by atoms with Crippen molar-refractivity contribution in [3.63, 3.8) is 0 Å². The first kappa shape index (κ1) is 11.4. The van der Waals surface area contributed by atoms with E-state index >= 15 is 0 Å². The third-order valence-corrected chi connectivity index (χ3v) is 4.03. The lowest BCUT2D eigenvalue weighted by molar-refractivity contribution is 0.156. The molecule has 15 heavy (non-hydrogen) atoms. The molecule has 2 fully saturated rings. The summed E-state index contributed by atoms with van der Waals surface area (Å²) in [7, 11) is 0. The van der Waals surface area contributed by atoms with Crippen LogP contribution >= 0.6 is 0 Å². The average molecular weight is 210 g/mol. The van der Waals surface area contributed by atoms with Crippen molar-refractivity contribution >= 4 is 0 Å². The van der Waals surface area contributed by atoms with Gasteiger partial charge in [0, 0.05) is 19.1 Å². The molecule has 0 aromatic rings. The third-order valence-electron chi connectivity index (χ3n) is 4.03. The molecule has 2 aliphatic carbocycles. The van der Waals surface area contributed by atoms with Crippen molar-refractivity contribution in [2.45, 2.75) is 57.4 Å². The molecule has 88 valence electrons. The lowest BCUT2D eigenvalue weighted by Crippen LogP contribution is -2.40. The predicted molar refractivity (Wildman–Crippen MR) is 64.8 cm³/mol. The van der Waals surface area contributed by atoms with Gasteiger partial charge in [-0.2, -0.15) is 0 Å². The monoisotopic (exact) mass is 210 g/mol. The van der Waals surface area contributed by atoms with Gasteiger partial charge in [0.25, 0.3) is 0 Å². The molecule has 0 atom stereocenters. The van der Waals surface area contributed by atoms with E-state index in [-0.39, 0.29) is 0 Å². The van der Waals surface area contributed by atoms with E-state index in [1.165, 1.54) is 57.9 Å². The Bertz CT molecular complexity index is 171. The largest absolute Gasteiger partial charge is 0.329 e. The first-order valence-electron chi connectivity index (χ1n) is 6.84. The van der Waals surface area contributed by atoms with Crippen molar-refractivity contribution in [1.29, 1.82) is 0 Å². The molecular weight excluding hydrogens is 184 g/mol. The predicted octanol–water partition coefficient (Wildman–Crippen LogP) is 2.38. The SMILES string of the molecule is NCCN(CCC1CC1)C1CCCCC1. The van der Waals surface area contributed by atoms with Gasteiger partial charge in [0.1, 0.15) is 0 Å². The fraction of sp³-hybridized carbons (Fsp3) is 1.00. The second-order valence-corrected chi connectivity index (χ2v) is 5.35. The van der Waals surface area contributed by atoms with E-state index in [9.17, 15) is 0 Å². The van der Waals surface area contributed by atoms with E-state index in [0.29, 0.717) is 0 Å². The molecule has 2 N–H and O–H groups in total. The minimum atomic E-state index is 0.834. The smallest absolute Gasteiger partial charge is 0.0108 e. The second kappa shape index (κ2) is 5.86. The maximum atomic E-state index is 5.72. The zero-order chi connectivity index (χ0) is 10.5. The lowest BCUT2D eigenvalue weighted by atomic mass is 9.94. The Hall–Kier alpha value is -0.0800. The number of nitrogens with two attached hydrogens (primary N) is 1. The molecule has 0 unspecified atom stereocenters. The Kier molecular flexibility index (Phi) is 4.45. The van der Waals surface area contributed by atoms with E-state index in [1.54, 1.807) is 0 Å². The first-order chi connectivity index (χ1) is 7.40. The van der Waals surface area contributed by atoms with E-state index in [1.807, 2.05) is 0 Å². The highest BCUT2D eigenvalue weighted by molar-refractivity contribution is 4.79. The van der Waals surface area contributed by atoms with Crippen molar-refractivity contribution < 1.29 is 0 Å². The molecule has 2 rings (SSSR count). The van der Waals surface area contributed by atoms with Gasteiger partial charge in [-0.1, -0.05) is 32.1 Å². The minimum absolute atomic E-state index is 0.834. The van der Waals surface area contributed by atoms with Gasteiger partial charge in [0.15, 0.2) is 0 Å². The summed E-state index contributed by atoms with van der Waals surface area (Å²) in [5.41, 5.74) is 5.72. The standard InChI is InChI=1S/C13H26N2/c14-9-11-15(10-8-12-6-7-12)13-4-2-1-3-5-13/h12-13H,1-11,14H2. The van der Waals surface area contributed by atoms with E-state index in [2.05, 4.69) is 4.90 Å². The number of hydrogen-bond donors (Lipinski definition) is 1. The highest BCUT2D eigenvalue weighted by Crippen LogP contribution is 2.33. The van der Waals surface area contributed by atoms with Gasteiger partial charge in [-0.05, 0) is 31.7 Å². The molecule has 2 nitrogen and oxygen atoms in total. The fourth-order valence-corrected chi connectivity index (χ4v) is 2.84. The van der Waals surface area contributed by atoms with Gasteiger partial charge in [-0.25, -0.2) is 0 Å². The molecular formula is C13H26N2. The van der Waals surface area contributed by atoms with Gasteiger partial charge < -0.3 is 5.73 Å². The van der Waals surface area contributed by atoms with Crippen molar-refractivity contribution in [3.8, 4) is 0 Å². The Morgan fingerprint density at radius 2 is 1.67 bits per heavy atom. The van der Waals surface area contributed by atoms with Crippen LogP contribution in [0, 0.1) is 5.92 Å². The normalized spacial score (nSPS) is 23.6. The molecule has 0 radical (unpaired) electrons. The molecule has 0 amide bonds. The molecule has 0 heterocycles. The molecule has 2 heteroatoms. The summed E-state index contributed by atoms with van der Waals surface area (Å²) in [5, 5.41) is 0. The maximum absolute atomic E-state index is 5.72. The summed E-state index contributed by atoms with van der Waals surface area (Å²) in [6.07, 6.45) is 11.6. The summed E-state index contributed by atoms with van der Waals surface area (Å²) >= 11 is 0. The highest BCUT2D eigenvalue weighted by atomic mass is 15.2. The molecule has 0 aromatic carbocycles. The number of rotatable bonds is 6. The van der Waals surface area contributed by atoms with Crippen LogP contribution in [-0.4, -0.2) is 30.6 Å². The van der Waals surface area contributed by atoms with Crippen LogP contribution < -0.4 is 5.73 Å². The van der Waals surface area contributed by atoms with Crippen LogP contribution in [0.25, 0.3) is 0 Å². The van der Waals surface area contributed by atoms with Gasteiger partial charge in [-0.15, -0.1) is 0 Å². The lowest BCUT2D eigenvalue weighted by Gasteiger charge is -2.34. The fourth-order valence-electron chi connectivity index (χ4n) is 2.84. The molecule has 2 saturated carbocycles. The highest BCUT2D eigenvalue weighted by Gasteiger charge is 2.25. The quantitative estimate of drug-likeness (QED) is 0.729. The van der Waals surface area contributed by atoms with Gasteiger partial charge in [-0.3, -0.25) is 4.90 Å². The van der Waals surface area contributed by atoms with Gasteiger partial charge >= 0.3 is 0 Å². The Balaban J connectivity index is 1.74. The Labute approximate surface area is 94.2 Å². The summed E-state index contributed by atoms with van der Waals surface area (Å²) in [4.78, 5) is 2.68. The zero-order valence-corrected chi connectivity index (χ0v) is 9.96. The number of nitrogens with zero attached hydrogens (tertiary/aromatic N) is 1. The van der Waals surface area contributed by atoms with Crippen molar-refractivity contribution in [2.24, 2.45) is 11.7 Å². The van der Waals surface area contributed by atoms with Crippen LogP contribution in [-0.2, 0) is 0 Å². The summed E-state index contributed by atoms with van der Waals surface area (Å²) in [6, 6.07) is 0.862. The molecule has 0 bridgehead atoms. The van der Waals surface area contributed by atoms with Crippen LogP contribution in [0.5, 0.6) is 0 Å². The van der Waals surface area contributed by atoms with Crippen LogP contribution in [0.4, 0.5) is 0 Å². The van der Waals surface area contributed by atoms with E-state index < -0.39 is 0 Å². The van der Waals surface area contributed by atoms with Crippen molar-refractivity contribution in [3.05, 3.63) is 0 Å². The van der Waals surface area contributed by atoms with Crippen LogP contribution in [0.1, 0.15) is 51.4 Å². The van der Waals surface area contributed by atoms with Crippen LogP contribution in [0.2, 0.25) is 0 Å². The molecule has 0 saturated heterocycles. The molecule has 2 aliphatic rings. The summed E-state index contributed by atoms with van der Waals surface area (Å²) < 4.78 is 0. The van der Waals surface area contributed by atoms with Crippen LogP contribution in [0.15, 0.2) is 0 Å². The molecule has 0 spiro atoms. The van der Waals surface area contributed by atoms with E-state index in [0.717, 1.165) is 25.0 Å². The summed E-state index contributed by atoms with van der Waals surface area (Å²) in [5.74, 6) is 1.06. The van der Waals surface area contributed by atoms with Gasteiger partial charge in [0.05, 0.1) is 0 Å². The van der Waals surface area contributed by atoms with Gasteiger partial charge in [0.2, 0.25) is 0 Å². The Morgan fingerprint density at radius 1 is 0.933 bits per heavy atom. The average Bonchev–Trinajstić information content (AvgIpc) is 3.09. The number of hydrogen-bond acceptors (Lipinski definition) is 2. The minimum Gasteiger partial charge on any atom is -0.329 e. The second-order valence-electron chi connectivity index (χ2n) is 5.35. The molecule has 0 aromatic heterocycles. The zero-order valence-electron chi connectivity index (χ0n) is 9.96. The summed E-state index contributed by atoms with van der Waals surface area (Å²) in [6.45, 7) is 3.27. The van der Waals surface area contributed by atoms with Crippen molar-refractivity contribution in [1.82, 2.24) is 4.90 Å². The first-order valence-corrected chi connectivity index (χ1v) is 6.84. The van der Waals surface area contributed by atoms with Crippen LogP contribution in [0.3, 0.4) is 0 Å².